The lowest BCUT2D eigenvalue weighted by Gasteiger charge is -2.06. The van der Waals surface area contributed by atoms with Crippen molar-refractivity contribution in [2.24, 2.45) is 0 Å². The molecule has 0 aliphatic heterocycles. The predicted molar refractivity (Wildman–Crippen MR) is 55.0 cm³/mol. The number of aliphatic carboxylic acids is 2. The molecular weight excluding hydrogens is 212 g/mol. The molecule has 2 N–H and O–H groups in total. The Kier molecular flexibility index (Phi) is 4.08. The molecule has 0 saturated carbocycles. The Morgan fingerprint density at radius 2 is 1.81 bits per heavy atom. The van der Waals surface area contributed by atoms with Crippen LogP contribution in [0.4, 0.5) is 0 Å². The molecule has 0 aromatic heterocycles. The standard InChI is InChI=1S/C11H10O5/c12-10(13)6-9(7-11(14)15)16-8-4-2-1-3-5-8/h1-6H,7H2,(H,12,13)(H,14,15). The molecule has 0 aliphatic carbocycles. The zero-order valence-electron chi connectivity index (χ0n) is 8.29. The normalized spacial score (nSPS) is 10.9. The monoisotopic (exact) mass is 222 g/mol. The molecule has 0 heterocycles. The molecule has 84 valence electrons. The Morgan fingerprint density at radius 3 is 2.31 bits per heavy atom. The largest absolute Gasteiger partial charge is 0.481 e. The molecule has 0 radical (unpaired) electrons. The minimum atomic E-state index is -1.24. The zero-order chi connectivity index (χ0) is 12.0. The van der Waals surface area contributed by atoms with E-state index in [9.17, 15) is 9.59 Å². The van der Waals surface area contributed by atoms with Crippen LogP contribution < -0.4 is 4.74 Å². The van der Waals surface area contributed by atoms with Gasteiger partial charge >= 0.3 is 11.9 Å². The summed E-state index contributed by atoms with van der Waals surface area (Å²) in [4.78, 5) is 20.9. The Morgan fingerprint density at radius 1 is 1.19 bits per heavy atom. The molecule has 0 aliphatic rings. The van der Waals surface area contributed by atoms with Gasteiger partial charge in [-0.1, -0.05) is 18.2 Å². The van der Waals surface area contributed by atoms with E-state index in [0.717, 1.165) is 6.08 Å². The van der Waals surface area contributed by atoms with Crippen molar-refractivity contribution >= 4 is 11.9 Å². The van der Waals surface area contributed by atoms with E-state index in [4.69, 9.17) is 14.9 Å². The van der Waals surface area contributed by atoms with E-state index in [1.54, 1.807) is 30.3 Å². The van der Waals surface area contributed by atoms with Gasteiger partial charge in [-0.2, -0.15) is 0 Å². The van der Waals surface area contributed by atoms with Crippen molar-refractivity contribution < 1.29 is 24.5 Å². The highest BCUT2D eigenvalue weighted by molar-refractivity contribution is 5.82. The van der Waals surface area contributed by atoms with Gasteiger partial charge in [0.25, 0.3) is 0 Å². The zero-order valence-corrected chi connectivity index (χ0v) is 8.29. The molecule has 0 saturated heterocycles. The quantitative estimate of drug-likeness (QED) is 0.582. The van der Waals surface area contributed by atoms with Crippen LogP contribution in [0.2, 0.25) is 0 Å². The van der Waals surface area contributed by atoms with Crippen LogP contribution in [0.25, 0.3) is 0 Å². The summed E-state index contributed by atoms with van der Waals surface area (Å²) >= 11 is 0. The minimum Gasteiger partial charge on any atom is -0.481 e. The molecule has 0 fully saturated rings. The van der Waals surface area contributed by atoms with E-state index < -0.39 is 18.4 Å². The van der Waals surface area contributed by atoms with Gasteiger partial charge in [-0.25, -0.2) is 4.79 Å². The van der Waals surface area contributed by atoms with E-state index in [1.165, 1.54) is 0 Å². The van der Waals surface area contributed by atoms with E-state index >= 15 is 0 Å². The van der Waals surface area contributed by atoms with Gasteiger partial charge in [0.1, 0.15) is 17.9 Å². The molecule has 0 unspecified atom stereocenters. The SMILES string of the molecule is O=C(O)C=C(CC(=O)O)Oc1ccccc1. The van der Waals surface area contributed by atoms with Crippen molar-refractivity contribution in [2.75, 3.05) is 0 Å². The third-order valence-corrected chi connectivity index (χ3v) is 1.60. The number of hydrogen-bond donors (Lipinski definition) is 2. The van der Waals surface area contributed by atoms with Crippen LogP contribution in [0.5, 0.6) is 5.75 Å². The van der Waals surface area contributed by atoms with Gasteiger partial charge in [0.15, 0.2) is 0 Å². The van der Waals surface area contributed by atoms with Crippen LogP contribution >= 0.6 is 0 Å². The van der Waals surface area contributed by atoms with Gasteiger partial charge < -0.3 is 14.9 Å². The topological polar surface area (TPSA) is 83.8 Å². The van der Waals surface area contributed by atoms with Crippen molar-refractivity contribution in [2.45, 2.75) is 6.42 Å². The highest BCUT2D eigenvalue weighted by Gasteiger charge is 2.08. The maximum Gasteiger partial charge on any atom is 0.331 e. The molecule has 1 aromatic carbocycles. The number of hydrogen-bond acceptors (Lipinski definition) is 3. The second-order valence-corrected chi connectivity index (χ2v) is 2.93. The molecule has 0 amide bonds. The third-order valence-electron chi connectivity index (χ3n) is 1.60. The summed E-state index contributed by atoms with van der Waals surface area (Å²) in [5, 5.41) is 17.1. The second kappa shape index (κ2) is 5.55. The fourth-order valence-electron chi connectivity index (χ4n) is 1.04. The van der Waals surface area contributed by atoms with Crippen molar-refractivity contribution in [3.63, 3.8) is 0 Å². The number of ether oxygens (including phenoxy) is 1. The van der Waals surface area contributed by atoms with Gasteiger partial charge in [-0.15, -0.1) is 0 Å². The fraction of sp³-hybridized carbons (Fsp3) is 0.0909. The Labute approximate surface area is 91.6 Å². The van der Waals surface area contributed by atoms with Crippen LogP contribution in [-0.4, -0.2) is 22.2 Å². The number of benzene rings is 1. The summed E-state index contributed by atoms with van der Waals surface area (Å²) in [6, 6.07) is 8.39. The molecule has 1 rings (SSSR count). The fourth-order valence-corrected chi connectivity index (χ4v) is 1.04. The minimum absolute atomic E-state index is 0.119. The first kappa shape index (κ1) is 11.8. The number of rotatable bonds is 5. The van der Waals surface area contributed by atoms with Crippen molar-refractivity contribution in [3.8, 4) is 5.75 Å². The first-order valence-electron chi connectivity index (χ1n) is 4.46. The average Bonchev–Trinajstić information content (AvgIpc) is 2.16. The Bertz CT molecular complexity index is 408. The first-order chi connectivity index (χ1) is 7.58. The number of carboxylic acids is 2. The predicted octanol–water partition coefficient (Wildman–Crippen LogP) is 1.51. The van der Waals surface area contributed by atoms with Gasteiger partial charge in [0.05, 0.1) is 6.08 Å². The summed E-state index contributed by atoms with van der Waals surface area (Å²) < 4.78 is 5.14. The van der Waals surface area contributed by atoms with Crippen LogP contribution in [0, 0.1) is 0 Å². The second-order valence-electron chi connectivity index (χ2n) is 2.93. The van der Waals surface area contributed by atoms with Crippen molar-refractivity contribution in [3.05, 3.63) is 42.2 Å². The van der Waals surface area contributed by atoms with Crippen LogP contribution in [-0.2, 0) is 9.59 Å². The van der Waals surface area contributed by atoms with E-state index in [2.05, 4.69) is 0 Å². The van der Waals surface area contributed by atoms with Crippen molar-refractivity contribution in [1.29, 1.82) is 0 Å². The van der Waals surface area contributed by atoms with Crippen molar-refractivity contribution in [1.82, 2.24) is 0 Å². The highest BCUT2D eigenvalue weighted by atomic mass is 16.5. The van der Waals surface area contributed by atoms with Gasteiger partial charge in [0.2, 0.25) is 0 Å². The molecule has 1 aromatic rings. The van der Waals surface area contributed by atoms with Crippen LogP contribution in [0.1, 0.15) is 6.42 Å². The molecule has 16 heavy (non-hydrogen) atoms. The summed E-state index contributed by atoms with van der Waals surface area (Å²) in [5.74, 6) is -2.11. The smallest absolute Gasteiger partial charge is 0.331 e. The maximum absolute atomic E-state index is 10.5. The molecule has 0 bridgehead atoms. The van der Waals surface area contributed by atoms with Crippen LogP contribution in [0.3, 0.4) is 0 Å². The first-order valence-corrected chi connectivity index (χ1v) is 4.46. The highest BCUT2D eigenvalue weighted by Crippen LogP contribution is 2.14. The summed E-state index contributed by atoms with van der Waals surface area (Å²) in [5.41, 5.74) is 0. The van der Waals surface area contributed by atoms with Gasteiger partial charge in [0, 0.05) is 0 Å². The summed E-state index contributed by atoms with van der Waals surface area (Å²) in [6.07, 6.45) is 0.266. The lowest BCUT2D eigenvalue weighted by atomic mass is 10.3. The molecular formula is C11H10O5. The molecule has 5 heteroatoms. The van der Waals surface area contributed by atoms with E-state index in [1.807, 2.05) is 0 Å². The van der Waals surface area contributed by atoms with Crippen LogP contribution in [0.15, 0.2) is 42.2 Å². The third kappa shape index (κ3) is 4.28. The van der Waals surface area contributed by atoms with Gasteiger partial charge in [-0.3, -0.25) is 4.79 Å². The number of carboxylic acid groups (broad SMARTS) is 2. The lowest BCUT2D eigenvalue weighted by molar-refractivity contribution is -0.136. The Balaban J connectivity index is 2.79. The maximum atomic E-state index is 10.5. The molecule has 0 spiro atoms. The van der Waals surface area contributed by atoms with E-state index in [0.29, 0.717) is 5.75 Å². The lowest BCUT2D eigenvalue weighted by Crippen LogP contribution is -2.06. The molecule has 0 atom stereocenters. The van der Waals surface area contributed by atoms with E-state index in [-0.39, 0.29) is 5.76 Å². The average molecular weight is 222 g/mol. The number of carbonyl (C=O) groups is 2. The number of para-hydroxylation sites is 1. The summed E-state index contributed by atoms with van der Waals surface area (Å²) in [6.45, 7) is 0. The Hall–Kier alpha value is -2.30. The summed E-state index contributed by atoms with van der Waals surface area (Å²) in [7, 11) is 0. The molecule has 5 nitrogen and oxygen atoms in total. The van der Waals surface area contributed by atoms with Gasteiger partial charge in [-0.05, 0) is 12.1 Å².